The minimum absolute atomic E-state index is 0.0955. The molecule has 0 radical (unpaired) electrons. The molecule has 0 bridgehead atoms. The van der Waals surface area contributed by atoms with Crippen molar-refractivity contribution >= 4 is 39.1 Å². The molecule has 3 rings (SSSR count). The van der Waals surface area contributed by atoms with Gasteiger partial charge in [0.25, 0.3) is 0 Å². The van der Waals surface area contributed by atoms with Crippen molar-refractivity contribution in [3.63, 3.8) is 0 Å². The molecule has 2 amide bonds. The van der Waals surface area contributed by atoms with Crippen LogP contribution in [0.15, 0.2) is 48.5 Å². The molecule has 0 saturated heterocycles. The van der Waals surface area contributed by atoms with Crippen LogP contribution in [0, 0.1) is 0 Å². The van der Waals surface area contributed by atoms with E-state index in [4.69, 9.17) is 11.6 Å². The SMILES string of the molecule is CC(C(=O)NC1CCCC1)N(Cc1ccc(Cl)cc1)C(=O)CN(c1ccc(C(C)(C)C)cc1)S(C)(=O)=O. The minimum Gasteiger partial charge on any atom is -0.352 e. The molecule has 7 nitrogen and oxygen atoms in total. The van der Waals surface area contributed by atoms with Crippen LogP contribution >= 0.6 is 11.6 Å². The zero-order chi connectivity index (χ0) is 27.4. The van der Waals surface area contributed by atoms with E-state index in [2.05, 4.69) is 26.1 Å². The van der Waals surface area contributed by atoms with Gasteiger partial charge in [-0.15, -0.1) is 0 Å². The molecule has 1 unspecified atom stereocenters. The van der Waals surface area contributed by atoms with E-state index in [0.717, 1.165) is 47.4 Å². The largest absolute Gasteiger partial charge is 0.352 e. The minimum atomic E-state index is -3.77. The van der Waals surface area contributed by atoms with E-state index < -0.39 is 28.5 Å². The fourth-order valence-corrected chi connectivity index (χ4v) is 5.48. The second-order valence-electron chi connectivity index (χ2n) is 10.9. The first-order chi connectivity index (χ1) is 17.3. The second kappa shape index (κ2) is 11.9. The van der Waals surface area contributed by atoms with Crippen LogP contribution in [-0.4, -0.2) is 50.0 Å². The molecule has 1 saturated carbocycles. The lowest BCUT2D eigenvalue weighted by atomic mass is 9.87. The van der Waals surface area contributed by atoms with Gasteiger partial charge in [-0.2, -0.15) is 0 Å². The normalized spacial score (nSPS) is 15.3. The highest BCUT2D eigenvalue weighted by atomic mass is 35.5. The van der Waals surface area contributed by atoms with Gasteiger partial charge in [-0.05, 0) is 60.6 Å². The van der Waals surface area contributed by atoms with Gasteiger partial charge in [0.05, 0.1) is 11.9 Å². The number of hydrogen-bond donors (Lipinski definition) is 1. The third-order valence-electron chi connectivity index (χ3n) is 6.84. The van der Waals surface area contributed by atoms with Crippen molar-refractivity contribution in [2.75, 3.05) is 17.1 Å². The van der Waals surface area contributed by atoms with E-state index in [-0.39, 0.29) is 23.9 Å². The molecule has 2 aromatic carbocycles. The van der Waals surface area contributed by atoms with Crippen LogP contribution in [0.3, 0.4) is 0 Å². The molecule has 9 heteroatoms. The predicted octanol–water partition coefficient (Wildman–Crippen LogP) is 4.88. The van der Waals surface area contributed by atoms with Gasteiger partial charge in [-0.1, -0.05) is 69.5 Å². The van der Waals surface area contributed by atoms with Crippen LogP contribution in [0.2, 0.25) is 5.02 Å². The van der Waals surface area contributed by atoms with Crippen molar-refractivity contribution in [2.24, 2.45) is 0 Å². The Morgan fingerprint density at radius 3 is 2.11 bits per heavy atom. The summed E-state index contributed by atoms with van der Waals surface area (Å²) in [7, 11) is -3.77. The van der Waals surface area contributed by atoms with Gasteiger partial charge in [0.2, 0.25) is 21.8 Å². The molecule has 1 atom stereocenters. The average molecular weight is 548 g/mol. The van der Waals surface area contributed by atoms with Crippen molar-refractivity contribution in [2.45, 2.75) is 77.4 Å². The van der Waals surface area contributed by atoms with E-state index >= 15 is 0 Å². The van der Waals surface area contributed by atoms with E-state index in [0.29, 0.717) is 10.7 Å². The van der Waals surface area contributed by atoms with Crippen molar-refractivity contribution in [1.29, 1.82) is 0 Å². The van der Waals surface area contributed by atoms with Crippen LogP contribution in [0.25, 0.3) is 0 Å². The molecule has 0 aliphatic heterocycles. The molecule has 1 aliphatic rings. The second-order valence-corrected chi connectivity index (χ2v) is 13.2. The van der Waals surface area contributed by atoms with Gasteiger partial charge in [-0.25, -0.2) is 8.42 Å². The number of rotatable bonds is 9. The fraction of sp³-hybridized carbons (Fsp3) is 0.500. The highest BCUT2D eigenvalue weighted by Gasteiger charge is 2.31. The molecule has 2 aromatic rings. The van der Waals surface area contributed by atoms with Gasteiger partial charge >= 0.3 is 0 Å². The first-order valence-electron chi connectivity index (χ1n) is 12.7. The predicted molar refractivity (Wildman–Crippen MR) is 149 cm³/mol. The molecule has 37 heavy (non-hydrogen) atoms. The van der Waals surface area contributed by atoms with Crippen LogP contribution in [-0.2, 0) is 31.6 Å². The number of sulfonamides is 1. The Bertz CT molecular complexity index is 1190. The Morgan fingerprint density at radius 1 is 1.03 bits per heavy atom. The first kappa shape index (κ1) is 29.0. The number of nitrogens with one attached hydrogen (secondary N) is 1. The van der Waals surface area contributed by atoms with Crippen molar-refractivity contribution < 1.29 is 18.0 Å². The highest BCUT2D eigenvalue weighted by molar-refractivity contribution is 7.92. The van der Waals surface area contributed by atoms with E-state index in [1.54, 1.807) is 43.3 Å². The quantitative estimate of drug-likeness (QED) is 0.485. The standard InChI is InChI=1S/C28H38ClN3O4S/c1-20(27(34)30-24-8-6-7-9-24)31(18-21-10-14-23(29)15-11-21)26(33)19-32(37(5,35)36)25-16-12-22(13-17-25)28(2,3)4/h10-17,20,24H,6-9,18-19H2,1-5H3,(H,30,34). The first-order valence-corrected chi connectivity index (χ1v) is 14.9. The van der Waals surface area contributed by atoms with Gasteiger partial charge in [-0.3, -0.25) is 13.9 Å². The summed E-state index contributed by atoms with van der Waals surface area (Å²) < 4.78 is 26.6. The zero-order valence-electron chi connectivity index (χ0n) is 22.3. The van der Waals surface area contributed by atoms with Crippen molar-refractivity contribution in [3.8, 4) is 0 Å². The number of carbonyl (C=O) groups is 2. The monoisotopic (exact) mass is 547 g/mol. The molecular formula is C28H38ClN3O4S. The van der Waals surface area contributed by atoms with Crippen LogP contribution in [0.5, 0.6) is 0 Å². The van der Waals surface area contributed by atoms with Gasteiger partial charge in [0, 0.05) is 17.6 Å². The van der Waals surface area contributed by atoms with Crippen LogP contribution in [0.4, 0.5) is 5.69 Å². The van der Waals surface area contributed by atoms with E-state index in [1.807, 2.05) is 12.1 Å². The summed E-state index contributed by atoms with van der Waals surface area (Å²) in [5.41, 5.74) is 2.15. The van der Waals surface area contributed by atoms with Crippen molar-refractivity contribution in [3.05, 3.63) is 64.7 Å². The maximum Gasteiger partial charge on any atom is 0.244 e. The number of halogens is 1. The Kier molecular flexibility index (Phi) is 9.29. The summed E-state index contributed by atoms with van der Waals surface area (Å²) in [6, 6.07) is 13.5. The summed E-state index contributed by atoms with van der Waals surface area (Å²) in [5, 5.41) is 3.62. The summed E-state index contributed by atoms with van der Waals surface area (Å²) in [5.74, 6) is -0.705. The summed E-state index contributed by atoms with van der Waals surface area (Å²) in [4.78, 5) is 28.2. The maximum absolute atomic E-state index is 13.7. The lowest BCUT2D eigenvalue weighted by Crippen LogP contribution is -2.52. The van der Waals surface area contributed by atoms with Crippen molar-refractivity contribution in [1.82, 2.24) is 10.2 Å². The van der Waals surface area contributed by atoms with Gasteiger partial charge in [0.1, 0.15) is 12.6 Å². The molecule has 0 aromatic heterocycles. The number of carbonyl (C=O) groups excluding carboxylic acids is 2. The molecule has 1 aliphatic carbocycles. The zero-order valence-corrected chi connectivity index (χ0v) is 23.9. The Morgan fingerprint density at radius 2 is 1.59 bits per heavy atom. The summed E-state index contributed by atoms with van der Waals surface area (Å²) in [6.45, 7) is 7.64. The van der Waals surface area contributed by atoms with Crippen LogP contribution in [0.1, 0.15) is 64.5 Å². The number of nitrogens with zero attached hydrogens (tertiary/aromatic N) is 2. The van der Waals surface area contributed by atoms with E-state index in [9.17, 15) is 18.0 Å². The number of hydrogen-bond acceptors (Lipinski definition) is 4. The highest BCUT2D eigenvalue weighted by Crippen LogP contribution is 2.26. The maximum atomic E-state index is 13.7. The number of anilines is 1. The third kappa shape index (κ3) is 7.95. The smallest absolute Gasteiger partial charge is 0.244 e. The fourth-order valence-electron chi connectivity index (χ4n) is 4.50. The molecule has 0 spiro atoms. The van der Waals surface area contributed by atoms with Crippen LogP contribution < -0.4 is 9.62 Å². The lowest BCUT2D eigenvalue weighted by molar-refractivity contribution is -0.139. The average Bonchev–Trinajstić information content (AvgIpc) is 3.33. The Labute approximate surface area is 226 Å². The lowest BCUT2D eigenvalue weighted by Gasteiger charge is -2.32. The summed E-state index contributed by atoms with van der Waals surface area (Å²) in [6.07, 6.45) is 5.08. The summed E-state index contributed by atoms with van der Waals surface area (Å²) >= 11 is 6.03. The molecular weight excluding hydrogens is 510 g/mol. The van der Waals surface area contributed by atoms with Gasteiger partial charge < -0.3 is 10.2 Å². The molecule has 1 fully saturated rings. The van der Waals surface area contributed by atoms with E-state index in [1.165, 1.54) is 4.90 Å². The Balaban J connectivity index is 1.87. The third-order valence-corrected chi connectivity index (χ3v) is 8.23. The topological polar surface area (TPSA) is 86.8 Å². The number of benzene rings is 2. The van der Waals surface area contributed by atoms with Gasteiger partial charge in [0.15, 0.2) is 0 Å². The Hall–Kier alpha value is -2.58. The number of amides is 2. The molecule has 202 valence electrons. The molecule has 0 heterocycles. The molecule has 1 N–H and O–H groups in total.